The van der Waals surface area contributed by atoms with Crippen molar-refractivity contribution in [1.82, 2.24) is 4.48 Å². The summed E-state index contributed by atoms with van der Waals surface area (Å²) in [5.74, 6) is 0. The molecule has 0 N–H and O–H groups in total. The van der Waals surface area contributed by atoms with Crippen molar-refractivity contribution >= 4 is 90.9 Å². The molecule has 8 aromatic rings. The first-order valence-corrected chi connectivity index (χ1v) is 22.6. The van der Waals surface area contributed by atoms with Gasteiger partial charge in [0.25, 0.3) is 0 Å². The van der Waals surface area contributed by atoms with E-state index in [-0.39, 0.29) is 23.1 Å². The Morgan fingerprint density at radius 2 is 1.28 bits per heavy atom. The smallest absolute Gasteiger partial charge is 0.333 e. The highest BCUT2D eigenvalue weighted by molar-refractivity contribution is 8.05. The number of nitrogens with zero attached hydrogens (tertiary/aromatic N) is 2. The van der Waals surface area contributed by atoms with Crippen molar-refractivity contribution in [2.45, 2.75) is 104 Å². The van der Waals surface area contributed by atoms with Gasteiger partial charge in [-0.05, 0) is 129 Å². The van der Waals surface area contributed by atoms with E-state index in [2.05, 4.69) is 180 Å². The van der Waals surface area contributed by atoms with E-state index in [1.165, 1.54) is 126 Å². The van der Waals surface area contributed by atoms with E-state index in [1.54, 1.807) is 0 Å². The lowest BCUT2D eigenvalue weighted by Gasteiger charge is -2.45. The number of hydrogen-bond acceptors (Lipinski definition) is 3. The van der Waals surface area contributed by atoms with Gasteiger partial charge in [-0.25, -0.2) is 0 Å². The molecule has 0 fully saturated rings. The Morgan fingerprint density at radius 1 is 0.603 bits per heavy atom. The van der Waals surface area contributed by atoms with Gasteiger partial charge >= 0.3 is 6.85 Å². The minimum absolute atomic E-state index is 0.00220. The number of hydrogen-bond donors (Lipinski definition) is 0. The van der Waals surface area contributed by atoms with Gasteiger partial charge in [0.05, 0.1) is 5.69 Å². The van der Waals surface area contributed by atoms with Crippen LogP contribution in [0.1, 0.15) is 83.6 Å². The van der Waals surface area contributed by atoms with E-state index >= 15 is 0 Å². The molecule has 1 aromatic heterocycles. The minimum atomic E-state index is -0.00220. The predicted octanol–water partition coefficient (Wildman–Crippen LogP) is 13.9. The SMILES string of the molecule is Cc1cc2c(cc1N1c3cc4c(cc3B3c5c(cc6ccccc6c51)-c1cccc5c6cc(C(C)(C)C)ccc6n3c15)Sc1ccccc1S4)C(C)(C)CCC2(C)C. The summed E-state index contributed by atoms with van der Waals surface area (Å²) < 4.78 is 2.73. The number of anilines is 3. The molecule has 0 spiro atoms. The number of aromatic nitrogens is 1. The Bertz CT molecular complexity index is 3140. The van der Waals surface area contributed by atoms with Gasteiger partial charge in [0.2, 0.25) is 0 Å². The third-order valence-corrected chi connectivity index (χ3v) is 16.6. The largest absolute Gasteiger partial charge is 0.375 e. The van der Waals surface area contributed by atoms with Gasteiger partial charge in [0.15, 0.2) is 0 Å². The molecule has 0 saturated heterocycles. The fourth-order valence-electron chi connectivity index (χ4n) is 10.9. The molecule has 0 bridgehead atoms. The topological polar surface area (TPSA) is 8.17 Å². The molecule has 5 heteroatoms. The van der Waals surface area contributed by atoms with Crippen molar-refractivity contribution in [1.29, 1.82) is 0 Å². The first kappa shape index (κ1) is 35.1. The van der Waals surface area contributed by atoms with Gasteiger partial charge in [-0.1, -0.05) is 139 Å². The van der Waals surface area contributed by atoms with Gasteiger partial charge in [-0.15, -0.1) is 0 Å². The molecule has 4 aliphatic rings. The molecule has 3 aliphatic heterocycles. The van der Waals surface area contributed by atoms with Gasteiger partial charge in [0.1, 0.15) is 0 Å². The zero-order chi connectivity index (χ0) is 39.6. The van der Waals surface area contributed by atoms with Crippen molar-refractivity contribution in [2.24, 2.45) is 0 Å². The van der Waals surface area contributed by atoms with Gasteiger partial charge < -0.3 is 9.38 Å². The van der Waals surface area contributed by atoms with Crippen LogP contribution in [0, 0.1) is 6.92 Å². The lowest BCUT2D eigenvalue weighted by atomic mass is 9.45. The Kier molecular flexibility index (Phi) is 7.07. The van der Waals surface area contributed by atoms with E-state index in [0.717, 1.165) is 0 Å². The molecule has 284 valence electrons. The summed E-state index contributed by atoms with van der Waals surface area (Å²) in [5.41, 5.74) is 18.0. The van der Waals surface area contributed by atoms with Crippen LogP contribution in [0.5, 0.6) is 0 Å². The maximum atomic E-state index is 2.73. The number of para-hydroxylation sites is 1. The van der Waals surface area contributed by atoms with Gasteiger partial charge in [-0.3, -0.25) is 0 Å². The highest BCUT2D eigenvalue weighted by Gasteiger charge is 2.46. The summed E-state index contributed by atoms with van der Waals surface area (Å²) in [5, 5.41) is 5.28. The molecule has 0 atom stereocenters. The summed E-state index contributed by atoms with van der Waals surface area (Å²) in [6, 6.07) is 45.2. The molecule has 7 aromatic carbocycles. The van der Waals surface area contributed by atoms with Crippen molar-refractivity contribution < 1.29 is 0 Å². The van der Waals surface area contributed by atoms with E-state index in [9.17, 15) is 0 Å². The van der Waals surface area contributed by atoms with Crippen LogP contribution < -0.4 is 15.8 Å². The Morgan fingerprint density at radius 3 is 2.02 bits per heavy atom. The second-order valence-electron chi connectivity index (χ2n) is 19.7. The zero-order valence-electron chi connectivity index (χ0n) is 34.7. The Hall–Kier alpha value is -4.84. The maximum absolute atomic E-state index is 2.73. The summed E-state index contributed by atoms with van der Waals surface area (Å²) in [6.07, 6.45) is 2.39. The molecule has 0 amide bonds. The van der Waals surface area contributed by atoms with Crippen molar-refractivity contribution in [3.63, 3.8) is 0 Å². The van der Waals surface area contributed by atoms with E-state index in [4.69, 9.17) is 0 Å². The van der Waals surface area contributed by atoms with E-state index in [1.807, 2.05) is 23.5 Å². The van der Waals surface area contributed by atoms with Crippen molar-refractivity contribution in [2.75, 3.05) is 4.90 Å². The molecular weight excluding hydrogens is 740 g/mol. The summed E-state index contributed by atoms with van der Waals surface area (Å²) >= 11 is 3.86. The monoisotopic (exact) mass is 786 g/mol. The van der Waals surface area contributed by atoms with E-state index < -0.39 is 0 Å². The molecule has 58 heavy (non-hydrogen) atoms. The zero-order valence-corrected chi connectivity index (χ0v) is 36.3. The molecule has 0 unspecified atom stereocenters. The minimum Gasteiger partial charge on any atom is -0.375 e. The number of benzene rings is 7. The molecule has 4 heterocycles. The molecular formula is C53H47BN2S2. The van der Waals surface area contributed by atoms with Crippen LogP contribution in [-0.4, -0.2) is 11.3 Å². The molecule has 1 aliphatic carbocycles. The van der Waals surface area contributed by atoms with Crippen molar-refractivity contribution in [3.05, 3.63) is 138 Å². The Balaban J connectivity index is 1.24. The quantitative estimate of drug-likeness (QED) is 0.153. The van der Waals surface area contributed by atoms with Crippen molar-refractivity contribution in [3.8, 4) is 11.1 Å². The first-order chi connectivity index (χ1) is 27.8. The van der Waals surface area contributed by atoms with Crippen LogP contribution in [0.4, 0.5) is 17.1 Å². The Labute approximate surface area is 351 Å². The van der Waals surface area contributed by atoms with Crippen LogP contribution in [-0.2, 0) is 16.2 Å². The van der Waals surface area contributed by atoms with Crippen LogP contribution in [0.25, 0.3) is 43.7 Å². The maximum Gasteiger partial charge on any atom is 0.333 e. The van der Waals surface area contributed by atoms with Gasteiger partial charge in [0, 0.05) is 63.7 Å². The average molecular weight is 787 g/mol. The number of rotatable bonds is 1. The molecule has 0 saturated carbocycles. The highest BCUT2D eigenvalue weighted by Crippen LogP contribution is 2.55. The number of aryl methyl sites for hydroxylation is 1. The van der Waals surface area contributed by atoms with Gasteiger partial charge in [-0.2, -0.15) is 0 Å². The molecule has 0 radical (unpaired) electrons. The molecule has 12 rings (SSSR count). The van der Waals surface area contributed by atoms with Crippen LogP contribution in [0.15, 0.2) is 135 Å². The normalized spacial score (nSPS) is 16.9. The first-order valence-electron chi connectivity index (χ1n) is 21.0. The lowest BCUT2D eigenvalue weighted by molar-refractivity contribution is 0.332. The van der Waals surface area contributed by atoms with Crippen LogP contribution >= 0.6 is 23.5 Å². The average Bonchev–Trinajstić information content (AvgIpc) is 3.53. The summed E-state index contributed by atoms with van der Waals surface area (Å²) in [4.78, 5) is 8.07. The lowest BCUT2D eigenvalue weighted by Crippen LogP contribution is -2.57. The third-order valence-electron chi connectivity index (χ3n) is 14.1. The van der Waals surface area contributed by atoms with Crippen LogP contribution in [0.2, 0.25) is 0 Å². The standard InChI is InChI=1S/C53H47BN2S2/c1-30-24-38-39(53(7,8)23-22-52(38,5)6)27-42(30)55-43-29-47-46(57-44-18-11-12-19-45(44)58-47)28-40(43)54-48-37(25-31-14-9-10-15-33(31)50(48)55)35-17-13-16-34-36-26-32(51(2,3)4)20-21-41(36)56(54)49(34)35/h9-21,24-29H,22-23H2,1-8H3. The van der Waals surface area contributed by atoms with Crippen LogP contribution in [0.3, 0.4) is 0 Å². The second-order valence-corrected chi connectivity index (χ2v) is 21.8. The third kappa shape index (κ3) is 4.72. The second kappa shape index (κ2) is 11.7. The molecule has 2 nitrogen and oxygen atoms in total. The summed E-state index contributed by atoms with van der Waals surface area (Å²) in [6.45, 7) is 19.2. The fraction of sp³-hybridized carbons (Fsp3) is 0.245. The fourth-order valence-corrected chi connectivity index (χ4v) is 13.2. The summed E-state index contributed by atoms with van der Waals surface area (Å²) in [7, 11) is 0. The number of fused-ring (bicyclic) bond motifs is 12. The highest BCUT2D eigenvalue weighted by atomic mass is 32.2. The predicted molar refractivity (Wildman–Crippen MR) is 251 cm³/mol. The van der Waals surface area contributed by atoms with E-state index in [0.29, 0.717) is 0 Å².